The fourth-order valence-corrected chi connectivity index (χ4v) is 4.51. The average Bonchev–Trinajstić information content (AvgIpc) is 2.71. The molecule has 0 aliphatic carbocycles. The van der Waals surface area contributed by atoms with E-state index in [1.165, 1.54) is 15.6 Å². The largest absolute Gasteiger partial charge is 0.326 e. The van der Waals surface area contributed by atoms with Crippen LogP contribution in [0.2, 0.25) is 0 Å². The van der Waals surface area contributed by atoms with Gasteiger partial charge < -0.3 is 5.73 Å². The molecule has 1 aromatic heterocycles. The van der Waals surface area contributed by atoms with Gasteiger partial charge in [0.1, 0.15) is 4.21 Å². The zero-order valence-corrected chi connectivity index (χ0v) is 12.1. The van der Waals surface area contributed by atoms with Crippen molar-refractivity contribution in [3.8, 4) is 0 Å². The summed E-state index contributed by atoms with van der Waals surface area (Å²) in [6.07, 6.45) is 3.12. The molecule has 0 aliphatic heterocycles. The number of nitrogens with two attached hydrogens (primary N) is 1. The molecule has 0 atom stereocenters. The summed E-state index contributed by atoms with van der Waals surface area (Å²) in [7, 11) is -3.48. The second kappa shape index (κ2) is 6.29. The van der Waals surface area contributed by atoms with Crippen LogP contribution in [0.5, 0.6) is 0 Å². The van der Waals surface area contributed by atoms with Crippen molar-refractivity contribution in [2.75, 3.05) is 13.1 Å². The van der Waals surface area contributed by atoms with E-state index in [-0.39, 0.29) is 13.1 Å². The van der Waals surface area contributed by atoms with Crippen molar-refractivity contribution >= 4 is 21.4 Å². The first-order chi connectivity index (χ1) is 8.47. The molecule has 0 aliphatic rings. The normalized spacial score (nSPS) is 11.7. The van der Waals surface area contributed by atoms with Gasteiger partial charge in [-0.2, -0.15) is 4.31 Å². The number of sulfonamides is 1. The number of nitrogens with zero attached hydrogens (tertiary/aromatic N) is 1. The van der Waals surface area contributed by atoms with Crippen molar-refractivity contribution < 1.29 is 8.42 Å². The first kappa shape index (κ1) is 15.1. The Morgan fingerprint density at radius 2 is 1.94 bits per heavy atom. The molecule has 0 bridgehead atoms. The summed E-state index contributed by atoms with van der Waals surface area (Å²) >= 11 is 1.22. The minimum atomic E-state index is -3.48. The highest BCUT2D eigenvalue weighted by Crippen LogP contribution is 2.28. The minimum absolute atomic E-state index is 0.267. The van der Waals surface area contributed by atoms with E-state index in [1.54, 1.807) is 18.2 Å². The molecule has 18 heavy (non-hydrogen) atoms. The van der Waals surface area contributed by atoms with E-state index in [0.29, 0.717) is 10.8 Å². The third-order valence-corrected chi connectivity index (χ3v) is 5.98. The second-order valence-corrected chi connectivity index (χ2v) is 7.08. The minimum Gasteiger partial charge on any atom is -0.326 e. The van der Waals surface area contributed by atoms with Gasteiger partial charge in [0.15, 0.2) is 0 Å². The highest BCUT2D eigenvalue weighted by atomic mass is 32.2. The molecule has 0 saturated carbocycles. The lowest BCUT2D eigenvalue weighted by molar-refractivity contribution is 0.476. The first-order valence-electron chi connectivity index (χ1n) is 5.48. The number of hydrogen-bond donors (Lipinski definition) is 1. The van der Waals surface area contributed by atoms with Crippen molar-refractivity contribution in [1.29, 1.82) is 0 Å². The molecule has 0 radical (unpaired) electrons. The zero-order chi connectivity index (χ0) is 13.8. The van der Waals surface area contributed by atoms with E-state index >= 15 is 0 Å². The second-order valence-electron chi connectivity index (χ2n) is 3.78. The Morgan fingerprint density at radius 3 is 2.33 bits per heavy atom. The van der Waals surface area contributed by atoms with E-state index in [0.717, 1.165) is 10.4 Å². The van der Waals surface area contributed by atoms with Crippen LogP contribution in [-0.4, -0.2) is 25.8 Å². The predicted molar refractivity (Wildman–Crippen MR) is 76.1 cm³/mol. The van der Waals surface area contributed by atoms with E-state index in [4.69, 9.17) is 5.73 Å². The lowest BCUT2D eigenvalue weighted by Crippen LogP contribution is -2.30. The van der Waals surface area contributed by atoms with Crippen molar-refractivity contribution in [1.82, 2.24) is 4.31 Å². The molecule has 1 rings (SSSR count). The maximum atomic E-state index is 12.4. The van der Waals surface area contributed by atoms with Gasteiger partial charge in [0.25, 0.3) is 10.0 Å². The highest BCUT2D eigenvalue weighted by molar-refractivity contribution is 7.91. The molecule has 0 fully saturated rings. The molecule has 1 heterocycles. The van der Waals surface area contributed by atoms with Crippen LogP contribution in [0.3, 0.4) is 0 Å². The van der Waals surface area contributed by atoms with Crippen LogP contribution in [0.1, 0.15) is 10.4 Å². The summed E-state index contributed by atoms with van der Waals surface area (Å²) in [5.41, 5.74) is 6.49. The fourth-order valence-electron chi connectivity index (χ4n) is 1.50. The quantitative estimate of drug-likeness (QED) is 0.778. The monoisotopic (exact) mass is 286 g/mol. The highest BCUT2D eigenvalue weighted by Gasteiger charge is 2.25. The summed E-state index contributed by atoms with van der Waals surface area (Å²) in [4.78, 5) is 0.894. The standard InChI is InChI=1S/C12H18N2O2S2/c1-4-6-14(7-5-2)18(15,16)12-8-10(3)11(9-13)17-12/h4-5,8H,1-2,6-7,9,13H2,3H3. The number of hydrogen-bond acceptors (Lipinski definition) is 4. The van der Waals surface area contributed by atoms with Crippen LogP contribution in [0.4, 0.5) is 0 Å². The van der Waals surface area contributed by atoms with E-state index < -0.39 is 10.0 Å². The molecule has 0 amide bonds. The predicted octanol–water partition coefficient (Wildman–Crippen LogP) is 1.88. The fraction of sp³-hybridized carbons (Fsp3) is 0.333. The van der Waals surface area contributed by atoms with Crippen LogP contribution >= 0.6 is 11.3 Å². The van der Waals surface area contributed by atoms with E-state index in [9.17, 15) is 8.42 Å². The molecule has 100 valence electrons. The third kappa shape index (κ3) is 3.08. The Bertz CT molecular complexity index is 522. The van der Waals surface area contributed by atoms with Crippen molar-refractivity contribution in [2.45, 2.75) is 17.7 Å². The number of thiophene rings is 1. The van der Waals surface area contributed by atoms with E-state index in [1.807, 2.05) is 6.92 Å². The maximum Gasteiger partial charge on any atom is 0.253 e. The lowest BCUT2D eigenvalue weighted by Gasteiger charge is -2.17. The molecule has 0 unspecified atom stereocenters. The van der Waals surface area contributed by atoms with Gasteiger partial charge in [-0.3, -0.25) is 0 Å². The summed E-state index contributed by atoms with van der Waals surface area (Å²) in [6.45, 7) is 9.90. The van der Waals surface area contributed by atoms with Crippen LogP contribution in [0.15, 0.2) is 35.6 Å². The molecule has 6 heteroatoms. The van der Waals surface area contributed by atoms with E-state index in [2.05, 4.69) is 13.2 Å². The molecular weight excluding hydrogens is 268 g/mol. The SMILES string of the molecule is C=CCN(CC=C)S(=O)(=O)c1cc(C)c(CN)s1. The van der Waals surface area contributed by atoms with Gasteiger partial charge in [0, 0.05) is 24.5 Å². The molecule has 0 spiro atoms. The summed E-state index contributed by atoms with van der Waals surface area (Å²) in [5, 5.41) is 0. The van der Waals surface area contributed by atoms with Crippen molar-refractivity contribution in [3.63, 3.8) is 0 Å². The molecule has 0 saturated heterocycles. The van der Waals surface area contributed by atoms with Gasteiger partial charge in [-0.15, -0.1) is 24.5 Å². The smallest absolute Gasteiger partial charge is 0.253 e. The van der Waals surface area contributed by atoms with Gasteiger partial charge in [-0.25, -0.2) is 8.42 Å². The third-order valence-electron chi connectivity index (χ3n) is 2.44. The van der Waals surface area contributed by atoms with Gasteiger partial charge in [0.05, 0.1) is 0 Å². The maximum absolute atomic E-state index is 12.4. The lowest BCUT2D eigenvalue weighted by atomic mass is 10.3. The van der Waals surface area contributed by atoms with Gasteiger partial charge in [-0.05, 0) is 18.6 Å². The zero-order valence-electron chi connectivity index (χ0n) is 10.4. The average molecular weight is 286 g/mol. The molecular formula is C12H18N2O2S2. The Balaban J connectivity index is 3.16. The van der Waals surface area contributed by atoms with Crippen LogP contribution in [0, 0.1) is 6.92 Å². The van der Waals surface area contributed by atoms with Gasteiger partial charge >= 0.3 is 0 Å². The number of aryl methyl sites for hydroxylation is 1. The van der Waals surface area contributed by atoms with Crippen LogP contribution in [0.25, 0.3) is 0 Å². The summed E-state index contributed by atoms with van der Waals surface area (Å²) in [6, 6.07) is 1.67. The Labute approximate surface area is 112 Å². The van der Waals surface area contributed by atoms with Crippen LogP contribution in [-0.2, 0) is 16.6 Å². The van der Waals surface area contributed by atoms with Crippen molar-refractivity contribution in [3.05, 3.63) is 41.8 Å². The Kier molecular flexibility index (Phi) is 5.28. The first-order valence-corrected chi connectivity index (χ1v) is 7.74. The number of rotatable bonds is 7. The Hall–Kier alpha value is -0.950. The molecule has 2 N–H and O–H groups in total. The Morgan fingerprint density at radius 1 is 1.39 bits per heavy atom. The molecule has 1 aromatic rings. The molecule has 4 nitrogen and oxygen atoms in total. The van der Waals surface area contributed by atoms with Gasteiger partial charge in [0.2, 0.25) is 0 Å². The van der Waals surface area contributed by atoms with Gasteiger partial charge in [-0.1, -0.05) is 12.2 Å². The summed E-state index contributed by atoms with van der Waals surface area (Å²) in [5.74, 6) is 0. The topological polar surface area (TPSA) is 63.4 Å². The summed E-state index contributed by atoms with van der Waals surface area (Å²) < 4.78 is 26.4. The van der Waals surface area contributed by atoms with Crippen LogP contribution < -0.4 is 5.73 Å². The van der Waals surface area contributed by atoms with Crippen molar-refractivity contribution in [2.24, 2.45) is 5.73 Å². The molecule has 0 aromatic carbocycles.